The second-order valence-corrected chi connectivity index (χ2v) is 2.93. The van der Waals surface area contributed by atoms with Crippen molar-refractivity contribution in [1.82, 2.24) is 0 Å². The van der Waals surface area contributed by atoms with E-state index in [1.165, 1.54) is 0 Å². The third kappa shape index (κ3) is 1.90. The van der Waals surface area contributed by atoms with Crippen molar-refractivity contribution in [2.75, 3.05) is 6.61 Å². The van der Waals surface area contributed by atoms with Crippen molar-refractivity contribution in [1.29, 1.82) is 0 Å². The molecule has 0 aromatic rings. The highest BCUT2D eigenvalue weighted by Gasteiger charge is 2.25. The van der Waals surface area contributed by atoms with Crippen molar-refractivity contribution in [3.8, 4) is 0 Å². The average molecular weight is 144 g/mol. The molecule has 1 atom stereocenters. The number of hydrogen-bond acceptors (Lipinski definition) is 3. The van der Waals surface area contributed by atoms with Gasteiger partial charge in [-0.2, -0.15) is 0 Å². The second kappa shape index (κ2) is 2.90. The van der Waals surface area contributed by atoms with Gasteiger partial charge in [0.1, 0.15) is 12.7 Å². The summed E-state index contributed by atoms with van der Waals surface area (Å²) in [5.74, 6) is 0.555. The standard InChI is InChI=1S/C7H12O3/c1-5(2)3-6-4-9-7(8)10-6/h5-6H,3-4H2,1-2H3. The quantitative estimate of drug-likeness (QED) is 0.552. The van der Waals surface area contributed by atoms with Crippen LogP contribution in [0.4, 0.5) is 4.79 Å². The van der Waals surface area contributed by atoms with E-state index < -0.39 is 6.16 Å². The molecule has 1 aliphatic heterocycles. The first-order valence-corrected chi connectivity index (χ1v) is 3.52. The Balaban J connectivity index is 2.24. The van der Waals surface area contributed by atoms with Crippen molar-refractivity contribution in [2.45, 2.75) is 26.4 Å². The Morgan fingerprint density at radius 2 is 2.40 bits per heavy atom. The summed E-state index contributed by atoms with van der Waals surface area (Å²) in [5.41, 5.74) is 0. The summed E-state index contributed by atoms with van der Waals surface area (Å²) in [4.78, 5) is 10.4. The maximum absolute atomic E-state index is 10.4. The van der Waals surface area contributed by atoms with Crippen LogP contribution >= 0.6 is 0 Å². The molecule has 1 fully saturated rings. The first-order valence-electron chi connectivity index (χ1n) is 3.52. The van der Waals surface area contributed by atoms with Gasteiger partial charge in [-0.3, -0.25) is 0 Å². The molecule has 1 heterocycles. The van der Waals surface area contributed by atoms with Crippen molar-refractivity contribution < 1.29 is 14.3 Å². The van der Waals surface area contributed by atoms with Gasteiger partial charge in [0.25, 0.3) is 0 Å². The van der Waals surface area contributed by atoms with Gasteiger partial charge in [-0.15, -0.1) is 0 Å². The van der Waals surface area contributed by atoms with Crippen LogP contribution in [0, 0.1) is 5.92 Å². The summed E-state index contributed by atoms with van der Waals surface area (Å²) in [5, 5.41) is 0. The molecular weight excluding hydrogens is 132 g/mol. The molecule has 0 aliphatic carbocycles. The molecule has 0 aromatic carbocycles. The van der Waals surface area contributed by atoms with Gasteiger partial charge in [-0.05, 0) is 12.3 Å². The van der Waals surface area contributed by atoms with Crippen molar-refractivity contribution in [3.63, 3.8) is 0 Å². The fraction of sp³-hybridized carbons (Fsp3) is 0.857. The van der Waals surface area contributed by atoms with Crippen LogP contribution < -0.4 is 0 Å². The van der Waals surface area contributed by atoms with Crippen LogP contribution in [0.15, 0.2) is 0 Å². The van der Waals surface area contributed by atoms with E-state index in [0.29, 0.717) is 12.5 Å². The molecule has 58 valence electrons. The number of rotatable bonds is 2. The zero-order chi connectivity index (χ0) is 7.56. The van der Waals surface area contributed by atoms with Gasteiger partial charge in [-0.25, -0.2) is 4.79 Å². The summed E-state index contributed by atoms with van der Waals surface area (Å²) in [6.07, 6.45) is 0.365. The molecule has 0 spiro atoms. The Morgan fingerprint density at radius 3 is 2.80 bits per heavy atom. The Bertz CT molecular complexity index is 131. The lowest BCUT2D eigenvalue weighted by Gasteiger charge is -2.07. The highest BCUT2D eigenvalue weighted by atomic mass is 16.8. The van der Waals surface area contributed by atoms with Crippen LogP contribution in [0.3, 0.4) is 0 Å². The van der Waals surface area contributed by atoms with Crippen LogP contribution in [0.25, 0.3) is 0 Å². The average Bonchev–Trinajstić information content (AvgIpc) is 2.13. The third-order valence-electron chi connectivity index (χ3n) is 1.38. The van der Waals surface area contributed by atoms with Crippen molar-refractivity contribution >= 4 is 6.16 Å². The third-order valence-corrected chi connectivity index (χ3v) is 1.38. The van der Waals surface area contributed by atoms with Crippen molar-refractivity contribution in [3.05, 3.63) is 0 Å². The first kappa shape index (κ1) is 7.38. The molecule has 10 heavy (non-hydrogen) atoms. The lowest BCUT2D eigenvalue weighted by Crippen LogP contribution is -2.12. The number of hydrogen-bond donors (Lipinski definition) is 0. The molecule has 0 radical (unpaired) electrons. The lowest BCUT2D eigenvalue weighted by molar-refractivity contribution is 0.113. The molecule has 1 rings (SSSR count). The van der Waals surface area contributed by atoms with E-state index in [1.54, 1.807) is 0 Å². The Labute approximate surface area is 60.3 Å². The fourth-order valence-electron chi connectivity index (χ4n) is 1.01. The molecular formula is C7H12O3. The molecule has 3 heteroatoms. The van der Waals surface area contributed by atoms with Gasteiger partial charge in [0, 0.05) is 0 Å². The van der Waals surface area contributed by atoms with E-state index in [-0.39, 0.29) is 6.10 Å². The fourth-order valence-corrected chi connectivity index (χ4v) is 1.01. The van der Waals surface area contributed by atoms with Gasteiger partial charge in [0.05, 0.1) is 0 Å². The number of carbonyl (C=O) groups excluding carboxylic acids is 1. The summed E-state index contributed by atoms with van der Waals surface area (Å²) in [6, 6.07) is 0. The van der Waals surface area contributed by atoms with Crippen LogP contribution in [0.1, 0.15) is 20.3 Å². The van der Waals surface area contributed by atoms with E-state index in [4.69, 9.17) is 4.74 Å². The predicted molar refractivity (Wildman–Crippen MR) is 35.7 cm³/mol. The maximum Gasteiger partial charge on any atom is 0.508 e. The van der Waals surface area contributed by atoms with Crippen LogP contribution in [0.2, 0.25) is 0 Å². The molecule has 0 N–H and O–H groups in total. The monoisotopic (exact) mass is 144 g/mol. The van der Waals surface area contributed by atoms with Crippen LogP contribution in [0.5, 0.6) is 0 Å². The molecule has 0 saturated carbocycles. The zero-order valence-corrected chi connectivity index (χ0v) is 6.29. The molecule has 1 aliphatic rings. The molecule has 0 aromatic heterocycles. The van der Waals surface area contributed by atoms with Crippen molar-refractivity contribution in [2.24, 2.45) is 5.92 Å². The Kier molecular flexibility index (Phi) is 2.14. The molecule has 0 amide bonds. The van der Waals surface area contributed by atoms with Gasteiger partial charge >= 0.3 is 6.16 Å². The summed E-state index contributed by atoms with van der Waals surface area (Å²) in [6.45, 7) is 4.61. The normalized spacial score (nSPS) is 24.7. The number of ether oxygens (including phenoxy) is 2. The minimum absolute atomic E-state index is 0.00694. The highest BCUT2D eigenvalue weighted by Crippen LogP contribution is 2.14. The van der Waals surface area contributed by atoms with Gasteiger partial charge in [-0.1, -0.05) is 13.8 Å². The minimum Gasteiger partial charge on any atom is -0.430 e. The van der Waals surface area contributed by atoms with E-state index >= 15 is 0 Å². The van der Waals surface area contributed by atoms with Crippen LogP contribution in [-0.2, 0) is 9.47 Å². The van der Waals surface area contributed by atoms with Crippen LogP contribution in [-0.4, -0.2) is 18.9 Å². The molecule has 3 nitrogen and oxygen atoms in total. The molecule has 1 saturated heterocycles. The highest BCUT2D eigenvalue weighted by molar-refractivity contribution is 5.61. The largest absolute Gasteiger partial charge is 0.508 e. The topological polar surface area (TPSA) is 35.5 Å². The van der Waals surface area contributed by atoms with Gasteiger partial charge in [0.15, 0.2) is 0 Å². The maximum atomic E-state index is 10.4. The summed E-state index contributed by atoms with van der Waals surface area (Å²) < 4.78 is 9.42. The summed E-state index contributed by atoms with van der Waals surface area (Å²) >= 11 is 0. The number of carbonyl (C=O) groups is 1. The number of cyclic esters (lactones) is 2. The van der Waals surface area contributed by atoms with Gasteiger partial charge < -0.3 is 9.47 Å². The van der Waals surface area contributed by atoms with E-state index in [0.717, 1.165) is 6.42 Å². The Hall–Kier alpha value is -0.730. The predicted octanol–water partition coefficient (Wildman–Crippen LogP) is 1.57. The van der Waals surface area contributed by atoms with E-state index in [2.05, 4.69) is 18.6 Å². The molecule has 0 bridgehead atoms. The first-order chi connectivity index (χ1) is 4.68. The van der Waals surface area contributed by atoms with E-state index in [9.17, 15) is 4.79 Å². The summed E-state index contributed by atoms with van der Waals surface area (Å²) in [7, 11) is 0. The Morgan fingerprint density at radius 1 is 1.70 bits per heavy atom. The lowest BCUT2D eigenvalue weighted by atomic mass is 10.1. The molecule has 1 unspecified atom stereocenters. The second-order valence-electron chi connectivity index (χ2n) is 2.93. The van der Waals surface area contributed by atoms with E-state index in [1.807, 2.05) is 0 Å². The zero-order valence-electron chi connectivity index (χ0n) is 6.29. The van der Waals surface area contributed by atoms with Gasteiger partial charge in [0.2, 0.25) is 0 Å². The smallest absolute Gasteiger partial charge is 0.430 e. The SMILES string of the molecule is CC(C)CC1COC(=O)O1. The minimum atomic E-state index is -0.523.